The van der Waals surface area contributed by atoms with Crippen molar-refractivity contribution >= 4 is 57.3 Å². The average molecular weight is 280 g/mol. The maximum absolute atomic E-state index is 2.17. The smallest absolute Gasteiger partial charge is 0.290 e. The first-order chi connectivity index (χ1) is 4.61. The van der Waals surface area contributed by atoms with E-state index in [2.05, 4.69) is 45.5 Å². The molecule has 1 aliphatic heterocycles. The average Bonchev–Trinajstić information content (AvgIpc) is 1.82. The van der Waals surface area contributed by atoms with E-state index in [1.54, 1.807) is 0 Å². The summed E-state index contributed by atoms with van der Waals surface area (Å²) >= 11 is 0. The van der Waals surface area contributed by atoms with E-state index in [1.165, 1.54) is 0 Å². The predicted octanol–water partition coefficient (Wildman–Crippen LogP) is -1.78. The van der Waals surface area contributed by atoms with Gasteiger partial charge in [-0.3, -0.25) is 0 Å². The van der Waals surface area contributed by atoms with Gasteiger partial charge in [-0.1, -0.05) is 6.82 Å². The third-order valence-electron chi connectivity index (χ3n) is 1.91. The fourth-order valence-electron chi connectivity index (χ4n) is 1.08. The van der Waals surface area contributed by atoms with Crippen LogP contribution in [0.15, 0.2) is 0 Å². The van der Waals surface area contributed by atoms with E-state index in [1.807, 2.05) is 11.8 Å². The Morgan fingerprint density at radius 3 is 1.58 bits per heavy atom. The molecule has 1 fully saturated rings. The quantitative estimate of drug-likeness (QED) is 0.486. The Morgan fingerprint density at radius 2 is 1.25 bits per heavy atom. The largest absolute Gasteiger partial charge is 0.367 e. The molecule has 8 heteroatoms. The zero-order valence-electron chi connectivity index (χ0n) is 8.07. The number of nitrogens with zero attached hydrogens (tertiary/aromatic N) is 3. The van der Waals surface area contributed by atoms with Crippen molar-refractivity contribution in [2.24, 2.45) is 0 Å². The first-order valence-corrected chi connectivity index (χ1v) is 3.47. The molecule has 3 nitrogen and oxygen atoms in total. The molecule has 12 heavy (non-hydrogen) atoms. The molecule has 0 saturated carbocycles. The summed E-state index contributed by atoms with van der Waals surface area (Å²) in [5, 5.41) is 0. The third kappa shape index (κ3) is 3.91. The number of rotatable bonds is 0. The molecule has 0 unspecified atom stereocenters. The van der Waals surface area contributed by atoms with Gasteiger partial charge in [0.25, 0.3) is 22.1 Å². The zero-order chi connectivity index (χ0) is 7.72. The molecule has 0 N–H and O–H groups in total. The van der Waals surface area contributed by atoms with Gasteiger partial charge in [0.05, 0.1) is 0 Å². The summed E-state index contributed by atoms with van der Waals surface area (Å²) in [6.45, 7) is 2.64. The summed E-state index contributed by atoms with van der Waals surface area (Å²) in [7, 11) is 10.3. The molecule has 60 valence electrons. The molecule has 0 aromatic heterocycles. The van der Waals surface area contributed by atoms with Crippen LogP contribution in [0.2, 0.25) is 6.82 Å². The van der Waals surface area contributed by atoms with E-state index < -0.39 is 0 Å². The zero-order valence-corrected chi connectivity index (χ0v) is 12.3. The summed E-state index contributed by atoms with van der Waals surface area (Å²) in [5.41, 5.74) is 0. The normalized spacial score (nSPS) is 20.2. The second-order valence-corrected chi connectivity index (χ2v) is 2.86. The molecule has 0 bridgehead atoms. The van der Waals surface area contributed by atoms with Crippen molar-refractivity contribution in [2.75, 3.05) is 21.1 Å². The number of hydrogen-bond donors (Lipinski definition) is 0. The minimum atomic E-state index is 0. The van der Waals surface area contributed by atoms with Crippen molar-refractivity contribution in [3.63, 3.8) is 0 Å². The molecule has 0 spiro atoms. The van der Waals surface area contributed by atoms with Crippen LogP contribution in [0.3, 0.4) is 0 Å². The summed E-state index contributed by atoms with van der Waals surface area (Å²) in [5.74, 6) is 0. The van der Waals surface area contributed by atoms with Crippen molar-refractivity contribution in [2.45, 2.75) is 6.82 Å². The second-order valence-electron chi connectivity index (χ2n) is 2.86. The first kappa shape index (κ1) is 15.6. The Labute approximate surface area is 99.2 Å². The van der Waals surface area contributed by atoms with E-state index in [0.717, 1.165) is 0 Å². The topological polar surface area (TPSA) is 9.72 Å². The second kappa shape index (κ2) is 6.59. The summed E-state index contributed by atoms with van der Waals surface area (Å²) in [6, 6.07) is 0. The summed E-state index contributed by atoms with van der Waals surface area (Å²) in [6.07, 6.45) is 0. The Balaban J connectivity index is 0. The van der Waals surface area contributed by atoms with Crippen LogP contribution in [-0.2, 0) is 0 Å². The summed E-state index contributed by atoms with van der Waals surface area (Å²) < 4.78 is 6.38. The van der Waals surface area contributed by atoms with Crippen LogP contribution in [0.5, 0.6) is 0 Å². The van der Waals surface area contributed by atoms with Crippen LogP contribution in [0.1, 0.15) is 0 Å². The van der Waals surface area contributed by atoms with E-state index in [4.69, 9.17) is 0 Å². The van der Waals surface area contributed by atoms with Crippen LogP contribution in [-0.4, -0.2) is 92.6 Å². The molecule has 0 aromatic carbocycles. The SMILES string of the molecule is CB1N(C)[B]N(C)[B]N1C.[Ge].[Ge]. The van der Waals surface area contributed by atoms with Crippen molar-refractivity contribution < 1.29 is 0 Å². The van der Waals surface area contributed by atoms with Crippen LogP contribution in [0, 0.1) is 0 Å². The van der Waals surface area contributed by atoms with Gasteiger partial charge < -0.3 is 14.2 Å². The van der Waals surface area contributed by atoms with Crippen LogP contribution in [0.25, 0.3) is 0 Å². The van der Waals surface area contributed by atoms with E-state index in [0.29, 0.717) is 6.98 Å². The van der Waals surface area contributed by atoms with E-state index >= 15 is 0 Å². The molecule has 0 atom stereocenters. The molecular formula is C4H12B3Ge2N3. The van der Waals surface area contributed by atoms with Crippen molar-refractivity contribution in [1.82, 2.24) is 14.2 Å². The van der Waals surface area contributed by atoms with Gasteiger partial charge in [0.2, 0.25) is 0 Å². The van der Waals surface area contributed by atoms with Crippen LogP contribution >= 0.6 is 0 Å². The molecule has 1 rings (SSSR count). The van der Waals surface area contributed by atoms with Gasteiger partial charge in [-0.05, 0) is 21.1 Å². The van der Waals surface area contributed by atoms with Gasteiger partial charge in [-0.25, -0.2) is 0 Å². The van der Waals surface area contributed by atoms with Crippen LogP contribution in [0.4, 0.5) is 0 Å². The van der Waals surface area contributed by atoms with E-state index in [9.17, 15) is 0 Å². The van der Waals surface area contributed by atoms with Gasteiger partial charge in [0.15, 0.2) is 0 Å². The molecule has 0 aromatic rings. The first-order valence-electron chi connectivity index (χ1n) is 3.47. The Hall–Kier alpha value is 1.16. The fraction of sp³-hybridized carbons (Fsp3) is 1.00. The molecular weight excluding hydrogens is 268 g/mol. The number of hydrogen-bond acceptors (Lipinski definition) is 3. The molecule has 1 aliphatic rings. The molecule has 1 heterocycles. The Morgan fingerprint density at radius 1 is 0.917 bits per heavy atom. The Kier molecular flexibility index (Phi) is 8.58. The van der Waals surface area contributed by atoms with Gasteiger partial charge >= 0.3 is 0 Å². The maximum atomic E-state index is 2.17. The maximum Gasteiger partial charge on any atom is 0.290 e. The van der Waals surface area contributed by atoms with Crippen molar-refractivity contribution in [3.8, 4) is 0 Å². The summed E-state index contributed by atoms with van der Waals surface area (Å²) in [4.78, 5) is 0. The molecule has 0 amide bonds. The van der Waals surface area contributed by atoms with Gasteiger partial charge in [-0.2, -0.15) is 0 Å². The van der Waals surface area contributed by atoms with Crippen molar-refractivity contribution in [1.29, 1.82) is 0 Å². The minimum absolute atomic E-state index is 0. The van der Waals surface area contributed by atoms with Gasteiger partial charge in [-0.15, -0.1) is 0 Å². The standard InChI is InChI=1S/C4H12B3N3.2Ge/c1-7-9(3)5-8(2)6-10(7)4;;/h1-4H3;;. The van der Waals surface area contributed by atoms with Crippen LogP contribution < -0.4 is 0 Å². The Bertz CT molecular complexity index is 118. The monoisotopic (exact) mass is 283 g/mol. The van der Waals surface area contributed by atoms with Gasteiger partial charge in [0, 0.05) is 35.2 Å². The molecule has 10 radical (unpaired) electrons. The fourth-order valence-corrected chi connectivity index (χ4v) is 1.08. The van der Waals surface area contributed by atoms with Crippen molar-refractivity contribution in [3.05, 3.63) is 0 Å². The third-order valence-corrected chi connectivity index (χ3v) is 1.91. The molecule has 0 aliphatic carbocycles. The molecule has 1 saturated heterocycles. The minimum Gasteiger partial charge on any atom is -0.367 e. The van der Waals surface area contributed by atoms with E-state index in [-0.39, 0.29) is 35.2 Å². The van der Waals surface area contributed by atoms with Gasteiger partial charge in [0.1, 0.15) is 0 Å². The predicted molar refractivity (Wildman–Crippen MR) is 57.9 cm³/mol.